The van der Waals surface area contributed by atoms with Crippen molar-refractivity contribution in [3.63, 3.8) is 0 Å². The second kappa shape index (κ2) is 10.6. The first-order chi connectivity index (χ1) is 16.0. The molecule has 0 aliphatic heterocycles. The van der Waals surface area contributed by atoms with Gasteiger partial charge in [-0.25, -0.2) is 4.79 Å². The summed E-state index contributed by atoms with van der Waals surface area (Å²) in [5, 5.41) is 12.3. The SMILES string of the molecule is COC(=O)c1cc(C)sc1NC(=O)CSc1nnc(C(C)Oc2ccc(C(C)(C)C)cc2)n1C. The van der Waals surface area contributed by atoms with Gasteiger partial charge in [0.2, 0.25) is 5.91 Å². The zero-order valence-corrected chi connectivity index (χ0v) is 22.1. The fraction of sp³-hybridized carbons (Fsp3) is 0.417. The average Bonchev–Trinajstić information content (AvgIpc) is 3.33. The fourth-order valence-electron chi connectivity index (χ4n) is 3.26. The number of methoxy groups -OCH3 is 1. The largest absolute Gasteiger partial charge is 0.483 e. The normalized spacial score (nSPS) is 12.3. The number of benzene rings is 1. The topological polar surface area (TPSA) is 95.3 Å². The van der Waals surface area contributed by atoms with Crippen LogP contribution in [-0.4, -0.2) is 39.5 Å². The van der Waals surface area contributed by atoms with Gasteiger partial charge >= 0.3 is 5.97 Å². The number of thioether (sulfide) groups is 1. The molecule has 10 heteroatoms. The second-order valence-corrected chi connectivity index (χ2v) is 11.1. The zero-order valence-electron chi connectivity index (χ0n) is 20.5. The minimum Gasteiger partial charge on any atom is -0.483 e. The van der Waals surface area contributed by atoms with Crippen molar-refractivity contribution >= 4 is 40.0 Å². The molecule has 0 aliphatic carbocycles. The van der Waals surface area contributed by atoms with Gasteiger partial charge in [0.25, 0.3) is 0 Å². The lowest BCUT2D eigenvalue weighted by Gasteiger charge is -2.20. The molecule has 1 atom stereocenters. The monoisotopic (exact) mass is 502 g/mol. The van der Waals surface area contributed by atoms with Crippen molar-refractivity contribution in [1.29, 1.82) is 0 Å². The first-order valence-corrected chi connectivity index (χ1v) is 12.6. The van der Waals surface area contributed by atoms with Crippen LogP contribution in [0.4, 0.5) is 5.00 Å². The molecular weight excluding hydrogens is 472 g/mol. The standard InChI is InChI=1S/C24H30N4O4S2/c1-14-12-18(22(30)31-7)21(34-14)25-19(29)13-33-23-27-26-20(28(23)6)15(2)32-17-10-8-16(9-11-17)24(3,4)5/h8-12,15H,13H2,1-7H3,(H,25,29). The highest BCUT2D eigenvalue weighted by molar-refractivity contribution is 7.99. The van der Waals surface area contributed by atoms with Crippen LogP contribution in [0.1, 0.15) is 60.4 Å². The Balaban J connectivity index is 1.60. The highest BCUT2D eigenvalue weighted by Crippen LogP contribution is 2.30. The number of rotatable bonds is 8. The van der Waals surface area contributed by atoms with Gasteiger partial charge in [-0.05, 0) is 43.0 Å². The lowest BCUT2D eigenvalue weighted by molar-refractivity contribution is -0.113. The molecule has 3 aromatic rings. The van der Waals surface area contributed by atoms with Crippen LogP contribution in [0.15, 0.2) is 35.5 Å². The number of anilines is 1. The molecule has 0 bridgehead atoms. The average molecular weight is 503 g/mol. The van der Waals surface area contributed by atoms with E-state index >= 15 is 0 Å². The molecule has 0 saturated carbocycles. The van der Waals surface area contributed by atoms with Crippen LogP contribution in [0, 0.1) is 6.92 Å². The Kier molecular flexibility index (Phi) is 8.04. The van der Waals surface area contributed by atoms with Crippen molar-refractivity contribution in [3.05, 3.63) is 52.2 Å². The quantitative estimate of drug-likeness (QED) is 0.337. The number of ether oxygens (including phenoxy) is 2. The van der Waals surface area contributed by atoms with E-state index in [1.165, 1.54) is 35.8 Å². The van der Waals surface area contributed by atoms with Crippen molar-refractivity contribution < 1.29 is 19.1 Å². The lowest BCUT2D eigenvalue weighted by atomic mass is 9.87. The molecule has 1 amide bonds. The molecule has 1 N–H and O–H groups in total. The number of nitrogens with one attached hydrogen (secondary N) is 1. The van der Waals surface area contributed by atoms with E-state index in [0.29, 0.717) is 21.5 Å². The molecule has 182 valence electrons. The van der Waals surface area contributed by atoms with Crippen LogP contribution in [0.3, 0.4) is 0 Å². The third-order valence-corrected chi connectivity index (χ3v) is 7.10. The number of carbonyl (C=O) groups excluding carboxylic acids is 2. The Labute approximate surface area is 208 Å². The van der Waals surface area contributed by atoms with Crippen LogP contribution in [0.2, 0.25) is 0 Å². The summed E-state index contributed by atoms with van der Waals surface area (Å²) in [7, 11) is 3.16. The summed E-state index contributed by atoms with van der Waals surface area (Å²) >= 11 is 2.59. The van der Waals surface area contributed by atoms with Gasteiger partial charge in [-0.1, -0.05) is 44.7 Å². The molecule has 2 heterocycles. The number of thiophene rings is 1. The summed E-state index contributed by atoms with van der Waals surface area (Å²) in [6.45, 7) is 10.3. The summed E-state index contributed by atoms with van der Waals surface area (Å²) in [5.41, 5.74) is 1.67. The summed E-state index contributed by atoms with van der Waals surface area (Å²) in [5.74, 6) is 0.805. The van der Waals surface area contributed by atoms with Crippen LogP contribution in [0.25, 0.3) is 0 Å². The minimum absolute atomic E-state index is 0.0787. The zero-order chi connectivity index (χ0) is 25.0. The number of hydrogen-bond acceptors (Lipinski definition) is 8. The molecule has 0 saturated heterocycles. The summed E-state index contributed by atoms with van der Waals surface area (Å²) in [6, 6.07) is 9.76. The van der Waals surface area contributed by atoms with Crippen molar-refractivity contribution in [1.82, 2.24) is 14.8 Å². The molecule has 0 fully saturated rings. The molecule has 3 rings (SSSR count). The number of esters is 1. The molecule has 1 aromatic carbocycles. The number of aromatic nitrogens is 3. The van der Waals surface area contributed by atoms with E-state index in [4.69, 9.17) is 9.47 Å². The highest BCUT2D eigenvalue weighted by atomic mass is 32.2. The maximum absolute atomic E-state index is 12.5. The Bertz CT molecular complexity index is 1160. The summed E-state index contributed by atoms with van der Waals surface area (Å²) in [6.07, 6.45) is -0.321. The maximum atomic E-state index is 12.5. The molecule has 1 unspecified atom stereocenters. The molecule has 8 nitrogen and oxygen atoms in total. The van der Waals surface area contributed by atoms with Gasteiger partial charge in [0.1, 0.15) is 10.8 Å². The van der Waals surface area contributed by atoms with Gasteiger partial charge in [0.15, 0.2) is 17.1 Å². The van der Waals surface area contributed by atoms with Crippen molar-refractivity contribution in [2.45, 2.75) is 51.3 Å². The van der Waals surface area contributed by atoms with Gasteiger partial charge in [0, 0.05) is 11.9 Å². The van der Waals surface area contributed by atoms with Gasteiger partial charge < -0.3 is 19.4 Å². The highest BCUT2D eigenvalue weighted by Gasteiger charge is 2.21. The van der Waals surface area contributed by atoms with Gasteiger partial charge in [0.05, 0.1) is 18.4 Å². The van der Waals surface area contributed by atoms with Gasteiger partial charge in [-0.3, -0.25) is 4.79 Å². The van der Waals surface area contributed by atoms with E-state index in [2.05, 4.69) is 48.4 Å². The number of amides is 1. The Morgan fingerprint density at radius 2 is 1.88 bits per heavy atom. The fourth-order valence-corrected chi connectivity index (χ4v) is 4.89. The van der Waals surface area contributed by atoms with Crippen LogP contribution in [-0.2, 0) is 22.0 Å². The smallest absolute Gasteiger partial charge is 0.340 e. The van der Waals surface area contributed by atoms with E-state index in [9.17, 15) is 9.59 Å². The van der Waals surface area contributed by atoms with Crippen LogP contribution in [0.5, 0.6) is 5.75 Å². The minimum atomic E-state index is -0.479. The van der Waals surface area contributed by atoms with Gasteiger partial charge in [-0.2, -0.15) is 0 Å². The number of carbonyl (C=O) groups is 2. The molecule has 34 heavy (non-hydrogen) atoms. The molecule has 0 aliphatic rings. The van der Waals surface area contributed by atoms with Gasteiger partial charge in [-0.15, -0.1) is 21.5 Å². The van der Waals surface area contributed by atoms with E-state index in [-0.39, 0.29) is 23.2 Å². The Morgan fingerprint density at radius 3 is 2.50 bits per heavy atom. The molecule has 0 spiro atoms. The number of aryl methyl sites for hydroxylation is 1. The number of nitrogens with zero attached hydrogens (tertiary/aromatic N) is 3. The first kappa shape index (κ1) is 25.8. The molecular formula is C24H30N4O4S2. The third-order valence-electron chi connectivity index (χ3n) is 5.11. The Hall–Kier alpha value is -2.85. The molecule has 0 radical (unpaired) electrons. The van der Waals surface area contributed by atoms with Crippen molar-refractivity contribution in [3.8, 4) is 5.75 Å². The van der Waals surface area contributed by atoms with E-state index in [0.717, 1.165) is 10.6 Å². The van der Waals surface area contributed by atoms with E-state index < -0.39 is 5.97 Å². The van der Waals surface area contributed by atoms with Crippen LogP contribution >= 0.6 is 23.1 Å². The predicted molar refractivity (Wildman–Crippen MR) is 135 cm³/mol. The van der Waals surface area contributed by atoms with Crippen molar-refractivity contribution in [2.24, 2.45) is 7.05 Å². The Morgan fingerprint density at radius 1 is 1.21 bits per heavy atom. The van der Waals surface area contributed by atoms with E-state index in [1.54, 1.807) is 6.07 Å². The maximum Gasteiger partial charge on any atom is 0.340 e. The first-order valence-electron chi connectivity index (χ1n) is 10.8. The number of hydrogen-bond donors (Lipinski definition) is 1. The second-order valence-electron chi connectivity index (χ2n) is 8.86. The van der Waals surface area contributed by atoms with Crippen LogP contribution < -0.4 is 10.1 Å². The predicted octanol–water partition coefficient (Wildman–Crippen LogP) is 5.14. The lowest BCUT2D eigenvalue weighted by Crippen LogP contribution is -2.16. The summed E-state index contributed by atoms with van der Waals surface area (Å²) < 4.78 is 12.7. The third kappa shape index (κ3) is 6.18. The van der Waals surface area contributed by atoms with Crippen molar-refractivity contribution in [2.75, 3.05) is 18.2 Å². The van der Waals surface area contributed by atoms with E-state index in [1.807, 2.05) is 37.6 Å². The summed E-state index contributed by atoms with van der Waals surface area (Å²) in [4.78, 5) is 25.3. The molecule has 2 aromatic heterocycles.